The van der Waals surface area contributed by atoms with Crippen LogP contribution in [0.2, 0.25) is 0 Å². The molecule has 2 aromatic carbocycles. The summed E-state index contributed by atoms with van der Waals surface area (Å²) < 4.78 is 47.4. The average Bonchev–Trinajstić information content (AvgIpc) is 3.55. The van der Waals surface area contributed by atoms with Crippen molar-refractivity contribution in [3.8, 4) is 23.0 Å². The molecule has 0 spiro atoms. The van der Waals surface area contributed by atoms with Gasteiger partial charge in [0.05, 0.1) is 12.0 Å². The van der Waals surface area contributed by atoms with Crippen LogP contribution in [0.3, 0.4) is 0 Å². The lowest BCUT2D eigenvalue weighted by atomic mass is 9.83. The van der Waals surface area contributed by atoms with Crippen LogP contribution < -0.4 is 4.90 Å². The van der Waals surface area contributed by atoms with E-state index < -0.39 is 11.6 Å². The summed E-state index contributed by atoms with van der Waals surface area (Å²) in [4.78, 5) is 10.4. The second-order valence-corrected chi connectivity index (χ2v) is 10.5. The fourth-order valence-corrected chi connectivity index (χ4v) is 4.70. The number of anilines is 1. The molecular weight excluding hydrogens is 505 g/mol. The Labute approximate surface area is 225 Å². The van der Waals surface area contributed by atoms with Gasteiger partial charge in [0, 0.05) is 42.9 Å². The fourth-order valence-electron chi connectivity index (χ4n) is 4.70. The van der Waals surface area contributed by atoms with E-state index in [1.165, 1.54) is 12.1 Å². The van der Waals surface area contributed by atoms with Gasteiger partial charge in [-0.3, -0.25) is 4.68 Å². The number of halogens is 3. The van der Waals surface area contributed by atoms with Crippen LogP contribution in [-0.2, 0) is 12.0 Å². The first kappa shape index (κ1) is 26.5. The SMILES string of the molecule is [C-]#[N+]C1CCN(c2cccc(Cn3nc(-c4nc(-c5ccc(C(C)(C)C(F)(F)F)cc5)no4)cc3C)c2)CC1. The number of rotatable bonds is 6. The van der Waals surface area contributed by atoms with Crippen LogP contribution >= 0.6 is 0 Å². The first-order valence-electron chi connectivity index (χ1n) is 12.8. The molecular formula is C29H29F3N6O. The quantitative estimate of drug-likeness (QED) is 0.258. The Morgan fingerprint density at radius 3 is 2.44 bits per heavy atom. The van der Waals surface area contributed by atoms with Crippen LogP contribution in [0.15, 0.2) is 59.1 Å². The first-order chi connectivity index (χ1) is 18.5. The smallest absolute Gasteiger partial charge is 0.371 e. The van der Waals surface area contributed by atoms with Crippen LogP contribution in [0, 0.1) is 13.5 Å². The molecule has 1 saturated heterocycles. The van der Waals surface area contributed by atoms with Gasteiger partial charge in [-0.1, -0.05) is 41.6 Å². The van der Waals surface area contributed by atoms with Gasteiger partial charge in [-0.05, 0) is 50.1 Å². The largest absolute Gasteiger partial charge is 0.397 e. The Morgan fingerprint density at radius 1 is 1.05 bits per heavy atom. The second kappa shape index (κ2) is 10.2. The average molecular weight is 535 g/mol. The zero-order valence-corrected chi connectivity index (χ0v) is 22.0. The van der Waals surface area contributed by atoms with Gasteiger partial charge >= 0.3 is 6.18 Å². The number of piperidine rings is 1. The molecule has 0 N–H and O–H groups in total. The summed E-state index contributed by atoms with van der Waals surface area (Å²) in [5.41, 5.74) is 2.45. The van der Waals surface area contributed by atoms with Crippen LogP contribution in [0.4, 0.5) is 18.9 Å². The van der Waals surface area contributed by atoms with Crippen molar-refractivity contribution in [3.63, 3.8) is 0 Å². The van der Waals surface area contributed by atoms with Crippen molar-refractivity contribution >= 4 is 5.69 Å². The summed E-state index contributed by atoms with van der Waals surface area (Å²) in [5, 5.41) is 8.69. The van der Waals surface area contributed by atoms with Gasteiger partial charge in [0.2, 0.25) is 11.9 Å². The third-order valence-electron chi connectivity index (χ3n) is 7.45. The first-order valence-corrected chi connectivity index (χ1v) is 12.8. The summed E-state index contributed by atoms with van der Waals surface area (Å²) in [7, 11) is 0. The van der Waals surface area contributed by atoms with E-state index in [-0.39, 0.29) is 23.3 Å². The van der Waals surface area contributed by atoms with E-state index in [0.29, 0.717) is 17.8 Å². The molecule has 0 saturated carbocycles. The van der Waals surface area contributed by atoms with Crippen LogP contribution in [-0.4, -0.2) is 45.2 Å². The summed E-state index contributed by atoms with van der Waals surface area (Å²) in [6, 6.07) is 16.4. The van der Waals surface area contributed by atoms with E-state index in [2.05, 4.69) is 43.2 Å². The zero-order chi connectivity index (χ0) is 27.8. The van der Waals surface area contributed by atoms with Gasteiger partial charge in [0.15, 0.2) is 5.69 Å². The minimum Gasteiger partial charge on any atom is -0.371 e. The van der Waals surface area contributed by atoms with Crippen LogP contribution in [0.25, 0.3) is 27.8 Å². The molecule has 5 rings (SSSR count). The van der Waals surface area contributed by atoms with Crippen molar-refractivity contribution in [1.29, 1.82) is 0 Å². The van der Waals surface area contributed by atoms with E-state index in [0.717, 1.165) is 56.7 Å². The van der Waals surface area contributed by atoms with Crippen LogP contribution in [0.5, 0.6) is 0 Å². The van der Waals surface area contributed by atoms with Crippen molar-refractivity contribution in [3.05, 3.63) is 82.8 Å². The molecule has 0 aliphatic carbocycles. The van der Waals surface area contributed by atoms with Crippen molar-refractivity contribution in [2.75, 3.05) is 18.0 Å². The van der Waals surface area contributed by atoms with Gasteiger partial charge in [0.25, 0.3) is 5.89 Å². The van der Waals surface area contributed by atoms with E-state index >= 15 is 0 Å². The second-order valence-electron chi connectivity index (χ2n) is 10.5. The molecule has 202 valence electrons. The van der Waals surface area contributed by atoms with E-state index in [1.54, 1.807) is 12.1 Å². The third kappa shape index (κ3) is 5.39. The van der Waals surface area contributed by atoms with Crippen molar-refractivity contribution in [2.24, 2.45) is 0 Å². The highest BCUT2D eigenvalue weighted by Gasteiger charge is 2.48. The van der Waals surface area contributed by atoms with Gasteiger partial charge in [-0.15, -0.1) is 0 Å². The van der Waals surface area contributed by atoms with Crippen molar-refractivity contribution < 1.29 is 17.7 Å². The molecule has 3 heterocycles. The fraction of sp³-hybridized carbons (Fsp3) is 0.379. The number of hydrogen-bond acceptors (Lipinski definition) is 5. The molecule has 0 atom stereocenters. The lowest BCUT2D eigenvalue weighted by Crippen LogP contribution is -2.36. The van der Waals surface area contributed by atoms with Gasteiger partial charge in [-0.2, -0.15) is 23.3 Å². The molecule has 10 heteroatoms. The molecule has 0 unspecified atom stereocenters. The molecule has 4 aromatic rings. The molecule has 0 radical (unpaired) electrons. The number of aryl methyl sites for hydroxylation is 1. The van der Waals surface area contributed by atoms with E-state index in [1.807, 2.05) is 23.7 Å². The summed E-state index contributed by atoms with van der Waals surface area (Å²) in [6.45, 7) is 13.8. The summed E-state index contributed by atoms with van der Waals surface area (Å²) in [6.07, 6.45) is -2.59. The van der Waals surface area contributed by atoms with Crippen LogP contribution in [0.1, 0.15) is 43.5 Å². The lowest BCUT2D eigenvalue weighted by molar-refractivity contribution is -0.180. The Kier molecular flexibility index (Phi) is 6.93. The van der Waals surface area contributed by atoms with Gasteiger partial charge < -0.3 is 14.3 Å². The summed E-state index contributed by atoms with van der Waals surface area (Å²) in [5.74, 6) is 0.520. The standard InChI is InChI=1S/C29H29F3N6O/c1-19-16-25(27-34-26(36-39-27)21-8-10-22(11-9-21)28(2,3)29(30,31)32)35-38(19)18-20-6-5-7-24(17-20)37-14-12-23(33-4)13-15-37/h5-11,16-17,23H,12-15,18H2,1-3H3. The Bertz CT molecular complexity index is 1490. The molecule has 7 nitrogen and oxygen atoms in total. The summed E-state index contributed by atoms with van der Waals surface area (Å²) >= 11 is 0. The van der Waals surface area contributed by atoms with E-state index in [9.17, 15) is 13.2 Å². The molecule has 39 heavy (non-hydrogen) atoms. The highest BCUT2D eigenvalue weighted by molar-refractivity contribution is 5.59. The Balaban J connectivity index is 1.30. The minimum atomic E-state index is -4.36. The minimum absolute atomic E-state index is 0.126. The monoisotopic (exact) mass is 534 g/mol. The number of benzene rings is 2. The normalized spacial score (nSPS) is 14.9. The van der Waals surface area contributed by atoms with Crippen molar-refractivity contribution in [2.45, 2.75) is 57.8 Å². The maximum absolute atomic E-state index is 13.4. The Hall–Kier alpha value is -4.13. The molecule has 2 aromatic heterocycles. The third-order valence-corrected chi connectivity index (χ3v) is 7.45. The van der Waals surface area contributed by atoms with E-state index in [4.69, 9.17) is 11.1 Å². The number of hydrogen-bond donors (Lipinski definition) is 0. The number of alkyl halides is 3. The maximum Gasteiger partial charge on any atom is 0.397 e. The molecule has 1 aliphatic heterocycles. The topological polar surface area (TPSA) is 64.3 Å². The lowest BCUT2D eigenvalue weighted by Gasteiger charge is -2.29. The predicted molar refractivity (Wildman–Crippen MR) is 142 cm³/mol. The highest BCUT2D eigenvalue weighted by Crippen LogP contribution is 2.40. The predicted octanol–water partition coefficient (Wildman–Crippen LogP) is 6.68. The molecule has 1 aliphatic rings. The number of nitrogens with zero attached hydrogens (tertiary/aromatic N) is 6. The Morgan fingerprint density at radius 2 is 1.77 bits per heavy atom. The number of aromatic nitrogens is 4. The molecule has 1 fully saturated rings. The molecule has 0 bridgehead atoms. The highest BCUT2D eigenvalue weighted by atomic mass is 19.4. The molecule has 0 amide bonds. The van der Waals surface area contributed by atoms with Gasteiger partial charge in [0.1, 0.15) is 0 Å². The zero-order valence-electron chi connectivity index (χ0n) is 22.0. The van der Waals surface area contributed by atoms with Crippen molar-refractivity contribution in [1.82, 2.24) is 19.9 Å². The maximum atomic E-state index is 13.4. The van der Waals surface area contributed by atoms with Gasteiger partial charge in [-0.25, -0.2) is 6.57 Å².